The summed E-state index contributed by atoms with van der Waals surface area (Å²) in [5.74, 6) is 2.17. The maximum atomic E-state index is 13.1. The van der Waals surface area contributed by atoms with E-state index in [4.69, 9.17) is 4.74 Å². The van der Waals surface area contributed by atoms with Crippen LogP contribution in [0, 0.1) is 12.7 Å². The van der Waals surface area contributed by atoms with E-state index in [-0.39, 0.29) is 11.7 Å². The summed E-state index contributed by atoms with van der Waals surface area (Å²) in [7, 11) is 0. The van der Waals surface area contributed by atoms with Gasteiger partial charge in [-0.2, -0.15) is 4.98 Å². The monoisotopic (exact) mass is 392 g/mol. The van der Waals surface area contributed by atoms with Crippen LogP contribution in [0.5, 0.6) is 11.6 Å². The lowest BCUT2D eigenvalue weighted by Crippen LogP contribution is -2.49. The minimum Gasteiger partial charge on any atom is -0.439 e. The highest BCUT2D eigenvalue weighted by atomic mass is 19.1. The zero-order valence-electron chi connectivity index (χ0n) is 16.1. The Morgan fingerprint density at radius 2 is 1.66 bits per heavy atom. The van der Waals surface area contributed by atoms with E-state index in [9.17, 15) is 9.18 Å². The molecule has 0 unspecified atom stereocenters. The maximum Gasteiger partial charge on any atom is 0.253 e. The second kappa shape index (κ2) is 8.26. The molecule has 1 aliphatic heterocycles. The van der Waals surface area contributed by atoms with Crippen LogP contribution < -0.4 is 9.64 Å². The first-order chi connectivity index (χ1) is 14.1. The van der Waals surface area contributed by atoms with Gasteiger partial charge in [-0.3, -0.25) is 4.79 Å². The van der Waals surface area contributed by atoms with Gasteiger partial charge in [-0.25, -0.2) is 9.37 Å². The van der Waals surface area contributed by atoms with Gasteiger partial charge in [0.15, 0.2) is 0 Å². The van der Waals surface area contributed by atoms with Gasteiger partial charge in [0.05, 0.1) is 0 Å². The Morgan fingerprint density at radius 3 is 2.34 bits per heavy atom. The molecule has 148 valence electrons. The standard InChI is InChI=1S/C22H21FN4O2/c1-16-24-20(15-21(25-16)29-19-5-3-2-4-6-19)26-11-13-27(14-12-26)22(28)17-7-9-18(23)10-8-17/h2-10,15H,11-14H2,1H3. The third kappa shape index (κ3) is 4.51. The predicted molar refractivity (Wildman–Crippen MR) is 108 cm³/mol. The number of aryl methyl sites for hydroxylation is 1. The molecule has 0 N–H and O–H groups in total. The largest absolute Gasteiger partial charge is 0.439 e. The topological polar surface area (TPSA) is 58.6 Å². The summed E-state index contributed by atoms with van der Waals surface area (Å²) >= 11 is 0. The number of ether oxygens (including phenoxy) is 1. The fraction of sp³-hybridized carbons (Fsp3) is 0.227. The number of carbonyl (C=O) groups is 1. The van der Waals surface area contributed by atoms with E-state index in [1.54, 1.807) is 4.90 Å². The van der Waals surface area contributed by atoms with Gasteiger partial charge in [0.1, 0.15) is 23.2 Å². The molecule has 1 saturated heterocycles. The maximum absolute atomic E-state index is 13.1. The molecule has 0 bridgehead atoms. The predicted octanol–water partition coefficient (Wildman–Crippen LogP) is 3.68. The van der Waals surface area contributed by atoms with Crippen LogP contribution in [0.1, 0.15) is 16.2 Å². The number of aromatic nitrogens is 2. The quantitative estimate of drug-likeness (QED) is 0.678. The molecule has 4 rings (SSSR count). The number of hydrogen-bond donors (Lipinski definition) is 0. The Labute approximate surface area is 168 Å². The van der Waals surface area contributed by atoms with Crippen LogP contribution >= 0.6 is 0 Å². The molecule has 2 aromatic carbocycles. The molecule has 0 atom stereocenters. The van der Waals surface area contributed by atoms with Gasteiger partial charge in [0, 0.05) is 37.8 Å². The third-order valence-electron chi connectivity index (χ3n) is 4.75. The lowest BCUT2D eigenvalue weighted by atomic mass is 10.2. The van der Waals surface area contributed by atoms with Crippen LogP contribution in [0.4, 0.5) is 10.2 Å². The van der Waals surface area contributed by atoms with Crippen LogP contribution in [0.3, 0.4) is 0 Å². The van der Waals surface area contributed by atoms with Gasteiger partial charge in [0.2, 0.25) is 5.88 Å². The highest BCUT2D eigenvalue weighted by Crippen LogP contribution is 2.24. The number of nitrogens with zero attached hydrogens (tertiary/aromatic N) is 4. The molecule has 1 aliphatic rings. The summed E-state index contributed by atoms with van der Waals surface area (Å²) < 4.78 is 18.9. The number of piperazine rings is 1. The molecule has 1 amide bonds. The number of para-hydroxylation sites is 1. The number of benzene rings is 2. The Morgan fingerprint density at radius 1 is 0.966 bits per heavy atom. The normalized spacial score (nSPS) is 14.0. The molecule has 0 spiro atoms. The van der Waals surface area contributed by atoms with Crippen LogP contribution in [-0.4, -0.2) is 47.0 Å². The van der Waals surface area contributed by atoms with Crippen LogP contribution in [0.25, 0.3) is 0 Å². The van der Waals surface area contributed by atoms with Crippen LogP contribution in [0.15, 0.2) is 60.7 Å². The summed E-state index contributed by atoms with van der Waals surface area (Å²) in [5, 5.41) is 0. The first-order valence-electron chi connectivity index (χ1n) is 9.47. The molecule has 2 heterocycles. The molecule has 1 aromatic heterocycles. The van der Waals surface area contributed by atoms with Gasteiger partial charge in [-0.15, -0.1) is 0 Å². The summed E-state index contributed by atoms with van der Waals surface area (Å²) in [6.45, 7) is 4.25. The molecule has 0 radical (unpaired) electrons. The number of anilines is 1. The highest BCUT2D eigenvalue weighted by molar-refractivity contribution is 5.94. The molecule has 0 saturated carbocycles. The van der Waals surface area contributed by atoms with E-state index in [1.807, 2.05) is 43.3 Å². The second-order valence-corrected chi connectivity index (χ2v) is 6.81. The van der Waals surface area contributed by atoms with Crippen molar-refractivity contribution in [3.8, 4) is 11.6 Å². The number of halogens is 1. The SMILES string of the molecule is Cc1nc(Oc2ccccc2)cc(N2CCN(C(=O)c3ccc(F)cc3)CC2)n1. The number of carbonyl (C=O) groups excluding carboxylic acids is 1. The Bertz CT molecular complexity index is 987. The van der Waals surface area contributed by atoms with Crippen molar-refractivity contribution < 1.29 is 13.9 Å². The molecule has 6 nitrogen and oxygen atoms in total. The second-order valence-electron chi connectivity index (χ2n) is 6.81. The zero-order chi connectivity index (χ0) is 20.2. The number of hydrogen-bond acceptors (Lipinski definition) is 5. The van der Waals surface area contributed by atoms with E-state index in [2.05, 4.69) is 14.9 Å². The van der Waals surface area contributed by atoms with Crippen molar-refractivity contribution in [2.75, 3.05) is 31.1 Å². The van der Waals surface area contributed by atoms with Gasteiger partial charge in [-0.1, -0.05) is 18.2 Å². The average molecular weight is 392 g/mol. The summed E-state index contributed by atoms with van der Waals surface area (Å²) in [4.78, 5) is 25.4. The van der Waals surface area contributed by atoms with E-state index >= 15 is 0 Å². The van der Waals surface area contributed by atoms with Crippen molar-refractivity contribution >= 4 is 11.7 Å². The van der Waals surface area contributed by atoms with Gasteiger partial charge in [0.25, 0.3) is 5.91 Å². The average Bonchev–Trinajstić information content (AvgIpc) is 2.74. The summed E-state index contributed by atoms with van der Waals surface area (Å²) in [5.41, 5.74) is 0.497. The highest BCUT2D eigenvalue weighted by Gasteiger charge is 2.23. The lowest BCUT2D eigenvalue weighted by Gasteiger charge is -2.35. The minimum atomic E-state index is -0.348. The first-order valence-corrected chi connectivity index (χ1v) is 9.47. The van der Waals surface area contributed by atoms with E-state index in [0.29, 0.717) is 49.2 Å². The smallest absolute Gasteiger partial charge is 0.253 e. The van der Waals surface area contributed by atoms with Gasteiger partial charge < -0.3 is 14.5 Å². The molecular weight excluding hydrogens is 371 g/mol. The van der Waals surface area contributed by atoms with Crippen molar-refractivity contribution in [2.45, 2.75) is 6.92 Å². The number of rotatable bonds is 4. The first kappa shape index (κ1) is 18.9. The summed E-state index contributed by atoms with van der Waals surface area (Å²) in [6.07, 6.45) is 0. The third-order valence-corrected chi connectivity index (χ3v) is 4.75. The van der Waals surface area contributed by atoms with Crippen molar-refractivity contribution in [3.05, 3.63) is 77.9 Å². The van der Waals surface area contributed by atoms with Crippen LogP contribution in [-0.2, 0) is 0 Å². The molecule has 1 fully saturated rings. The fourth-order valence-electron chi connectivity index (χ4n) is 3.26. The van der Waals surface area contributed by atoms with Gasteiger partial charge in [-0.05, 0) is 43.3 Å². The van der Waals surface area contributed by atoms with Gasteiger partial charge >= 0.3 is 0 Å². The van der Waals surface area contributed by atoms with Crippen LogP contribution in [0.2, 0.25) is 0 Å². The number of amides is 1. The molecule has 29 heavy (non-hydrogen) atoms. The van der Waals surface area contributed by atoms with Crippen molar-refractivity contribution in [1.29, 1.82) is 0 Å². The minimum absolute atomic E-state index is 0.0865. The van der Waals surface area contributed by atoms with E-state index in [0.717, 1.165) is 5.82 Å². The lowest BCUT2D eigenvalue weighted by molar-refractivity contribution is 0.0746. The molecular formula is C22H21FN4O2. The summed E-state index contributed by atoms with van der Waals surface area (Å²) in [6, 6.07) is 16.9. The molecule has 3 aromatic rings. The zero-order valence-corrected chi connectivity index (χ0v) is 16.1. The Hall–Kier alpha value is -3.48. The van der Waals surface area contributed by atoms with E-state index < -0.39 is 0 Å². The van der Waals surface area contributed by atoms with E-state index in [1.165, 1.54) is 24.3 Å². The fourth-order valence-corrected chi connectivity index (χ4v) is 3.26. The van der Waals surface area contributed by atoms with Crippen molar-refractivity contribution in [3.63, 3.8) is 0 Å². The van der Waals surface area contributed by atoms with Crippen molar-refractivity contribution in [1.82, 2.24) is 14.9 Å². The van der Waals surface area contributed by atoms with Crippen molar-refractivity contribution in [2.24, 2.45) is 0 Å². The Balaban J connectivity index is 1.43. The molecule has 7 heteroatoms. The Kier molecular flexibility index (Phi) is 5.37. The molecule has 0 aliphatic carbocycles.